The SMILES string of the molecule is CC(C)(C)NC(=O)c1ccc(N2C(=O)c3ccc([N+](=O)[O-])cc3C2=O)cc1. The number of nitrogens with one attached hydrogen (secondary N) is 1. The molecule has 1 N–H and O–H groups in total. The predicted molar refractivity (Wildman–Crippen MR) is 97.9 cm³/mol. The first-order valence-corrected chi connectivity index (χ1v) is 8.18. The van der Waals surface area contributed by atoms with E-state index in [0.29, 0.717) is 5.56 Å². The summed E-state index contributed by atoms with van der Waals surface area (Å²) in [6.07, 6.45) is 0. The third kappa shape index (κ3) is 3.41. The number of amides is 3. The molecule has 8 heteroatoms. The van der Waals surface area contributed by atoms with Gasteiger partial charge in [-0.05, 0) is 51.1 Å². The van der Waals surface area contributed by atoms with Gasteiger partial charge in [-0.2, -0.15) is 0 Å². The van der Waals surface area contributed by atoms with Crippen LogP contribution in [0, 0.1) is 10.1 Å². The molecule has 0 bridgehead atoms. The normalized spacial score (nSPS) is 13.5. The number of nitro benzene ring substituents is 1. The molecule has 1 heterocycles. The summed E-state index contributed by atoms with van der Waals surface area (Å²) in [6.45, 7) is 5.58. The molecule has 0 unspecified atom stereocenters. The number of carbonyl (C=O) groups excluding carboxylic acids is 3. The second-order valence-corrected chi connectivity index (χ2v) is 7.18. The molecule has 0 spiro atoms. The number of fused-ring (bicyclic) bond motifs is 1. The van der Waals surface area contributed by atoms with Crippen LogP contribution in [0.15, 0.2) is 42.5 Å². The van der Waals surface area contributed by atoms with Crippen molar-refractivity contribution in [2.45, 2.75) is 26.3 Å². The van der Waals surface area contributed by atoms with Crippen molar-refractivity contribution in [2.24, 2.45) is 0 Å². The first kappa shape index (κ1) is 18.2. The number of non-ortho nitro benzene ring substituents is 1. The summed E-state index contributed by atoms with van der Waals surface area (Å²) in [5, 5.41) is 13.7. The van der Waals surface area contributed by atoms with Gasteiger partial charge >= 0.3 is 0 Å². The molecule has 0 saturated carbocycles. The molecule has 1 aliphatic rings. The monoisotopic (exact) mass is 367 g/mol. The summed E-state index contributed by atoms with van der Waals surface area (Å²) in [5.74, 6) is -1.46. The lowest BCUT2D eigenvalue weighted by molar-refractivity contribution is -0.384. The van der Waals surface area contributed by atoms with Crippen LogP contribution in [-0.2, 0) is 0 Å². The van der Waals surface area contributed by atoms with Crippen molar-refractivity contribution < 1.29 is 19.3 Å². The number of rotatable bonds is 3. The van der Waals surface area contributed by atoms with Gasteiger partial charge in [0.25, 0.3) is 23.4 Å². The number of nitro groups is 1. The lowest BCUT2D eigenvalue weighted by atomic mass is 10.1. The topological polar surface area (TPSA) is 110 Å². The van der Waals surface area contributed by atoms with Crippen LogP contribution in [0.1, 0.15) is 51.8 Å². The molecule has 1 aliphatic heterocycles. The van der Waals surface area contributed by atoms with Crippen LogP contribution in [0.5, 0.6) is 0 Å². The van der Waals surface area contributed by atoms with E-state index in [1.165, 1.54) is 36.4 Å². The highest BCUT2D eigenvalue weighted by molar-refractivity contribution is 6.34. The molecule has 0 aromatic heterocycles. The van der Waals surface area contributed by atoms with Crippen LogP contribution in [0.25, 0.3) is 0 Å². The van der Waals surface area contributed by atoms with Crippen LogP contribution in [0.4, 0.5) is 11.4 Å². The van der Waals surface area contributed by atoms with Crippen molar-refractivity contribution >= 4 is 29.1 Å². The zero-order valence-corrected chi connectivity index (χ0v) is 15.0. The maximum absolute atomic E-state index is 12.6. The molecule has 0 fully saturated rings. The van der Waals surface area contributed by atoms with Gasteiger partial charge in [0.1, 0.15) is 0 Å². The lowest BCUT2D eigenvalue weighted by Crippen LogP contribution is -2.40. The molecule has 2 aromatic rings. The molecule has 3 rings (SSSR count). The highest BCUT2D eigenvalue weighted by Crippen LogP contribution is 2.30. The Labute approximate surface area is 154 Å². The van der Waals surface area contributed by atoms with E-state index >= 15 is 0 Å². The van der Waals surface area contributed by atoms with E-state index in [4.69, 9.17) is 0 Å². The van der Waals surface area contributed by atoms with E-state index < -0.39 is 22.3 Å². The molecule has 0 aliphatic carbocycles. The molecule has 0 atom stereocenters. The highest BCUT2D eigenvalue weighted by atomic mass is 16.6. The summed E-state index contributed by atoms with van der Waals surface area (Å²) < 4.78 is 0. The van der Waals surface area contributed by atoms with Crippen molar-refractivity contribution in [1.82, 2.24) is 5.32 Å². The number of hydrogen-bond donors (Lipinski definition) is 1. The van der Waals surface area contributed by atoms with Gasteiger partial charge in [0.05, 0.1) is 21.7 Å². The summed E-state index contributed by atoms with van der Waals surface area (Å²) in [7, 11) is 0. The Bertz CT molecular complexity index is 974. The van der Waals surface area contributed by atoms with Crippen molar-refractivity contribution in [3.8, 4) is 0 Å². The fraction of sp³-hybridized carbons (Fsp3) is 0.211. The Morgan fingerprint density at radius 3 is 2.15 bits per heavy atom. The molecule has 8 nitrogen and oxygen atoms in total. The minimum Gasteiger partial charge on any atom is -0.347 e. The number of anilines is 1. The number of hydrogen-bond acceptors (Lipinski definition) is 5. The van der Waals surface area contributed by atoms with E-state index in [1.807, 2.05) is 20.8 Å². The molecular weight excluding hydrogens is 350 g/mol. The lowest BCUT2D eigenvalue weighted by Gasteiger charge is -2.21. The van der Waals surface area contributed by atoms with Crippen LogP contribution in [0.2, 0.25) is 0 Å². The van der Waals surface area contributed by atoms with Gasteiger partial charge in [0, 0.05) is 23.2 Å². The second-order valence-electron chi connectivity index (χ2n) is 7.18. The largest absolute Gasteiger partial charge is 0.347 e. The van der Waals surface area contributed by atoms with E-state index in [1.54, 1.807) is 0 Å². The van der Waals surface area contributed by atoms with Crippen LogP contribution >= 0.6 is 0 Å². The van der Waals surface area contributed by atoms with E-state index in [0.717, 1.165) is 11.0 Å². The van der Waals surface area contributed by atoms with E-state index in [2.05, 4.69) is 5.32 Å². The minimum atomic E-state index is -0.634. The first-order chi connectivity index (χ1) is 12.6. The van der Waals surface area contributed by atoms with Crippen molar-refractivity contribution in [2.75, 3.05) is 4.90 Å². The van der Waals surface area contributed by atoms with Crippen molar-refractivity contribution in [3.63, 3.8) is 0 Å². The standard InChI is InChI=1S/C19H17N3O5/c1-19(2,3)20-16(23)11-4-6-12(7-5-11)21-17(24)14-9-8-13(22(26)27)10-15(14)18(21)25/h4-10H,1-3H3,(H,20,23). The van der Waals surface area contributed by atoms with Gasteiger partial charge in [0.2, 0.25) is 0 Å². The molecular formula is C19H17N3O5. The van der Waals surface area contributed by atoms with Crippen LogP contribution in [-0.4, -0.2) is 28.2 Å². The van der Waals surface area contributed by atoms with Gasteiger partial charge in [-0.3, -0.25) is 24.5 Å². The third-order valence-electron chi connectivity index (χ3n) is 3.96. The van der Waals surface area contributed by atoms with Crippen molar-refractivity contribution in [1.29, 1.82) is 0 Å². The van der Waals surface area contributed by atoms with Crippen LogP contribution in [0.3, 0.4) is 0 Å². The number of carbonyl (C=O) groups is 3. The average Bonchev–Trinajstić information content (AvgIpc) is 2.84. The molecule has 138 valence electrons. The quantitative estimate of drug-likeness (QED) is 0.509. The van der Waals surface area contributed by atoms with E-state index in [9.17, 15) is 24.5 Å². The molecule has 27 heavy (non-hydrogen) atoms. The number of benzene rings is 2. The minimum absolute atomic E-state index is 0.0104. The molecule has 2 aromatic carbocycles. The molecule has 0 saturated heterocycles. The van der Waals surface area contributed by atoms with Gasteiger partial charge in [-0.15, -0.1) is 0 Å². The Morgan fingerprint density at radius 2 is 1.59 bits per heavy atom. The average molecular weight is 367 g/mol. The summed E-state index contributed by atoms with van der Waals surface area (Å²) in [5.41, 5.74) is 0.124. The Kier molecular flexibility index (Phi) is 4.27. The summed E-state index contributed by atoms with van der Waals surface area (Å²) in [4.78, 5) is 48.5. The Hall–Kier alpha value is -3.55. The second kappa shape index (κ2) is 6.31. The zero-order chi connectivity index (χ0) is 19.9. The van der Waals surface area contributed by atoms with Crippen LogP contribution < -0.4 is 10.2 Å². The summed E-state index contributed by atoms with van der Waals surface area (Å²) in [6, 6.07) is 9.58. The van der Waals surface area contributed by atoms with Gasteiger partial charge in [0.15, 0.2) is 0 Å². The number of nitrogens with zero attached hydrogens (tertiary/aromatic N) is 2. The third-order valence-corrected chi connectivity index (χ3v) is 3.96. The zero-order valence-electron chi connectivity index (χ0n) is 15.0. The van der Waals surface area contributed by atoms with Gasteiger partial charge < -0.3 is 5.32 Å². The van der Waals surface area contributed by atoms with E-state index in [-0.39, 0.29) is 28.4 Å². The maximum atomic E-state index is 12.6. The van der Waals surface area contributed by atoms with Gasteiger partial charge in [-0.1, -0.05) is 0 Å². The maximum Gasteiger partial charge on any atom is 0.270 e. The highest BCUT2D eigenvalue weighted by Gasteiger charge is 2.37. The number of imide groups is 1. The van der Waals surface area contributed by atoms with Crippen molar-refractivity contribution in [3.05, 3.63) is 69.3 Å². The summed E-state index contributed by atoms with van der Waals surface area (Å²) >= 11 is 0. The molecule has 0 radical (unpaired) electrons. The van der Waals surface area contributed by atoms with Gasteiger partial charge in [-0.25, -0.2) is 4.90 Å². The fourth-order valence-corrected chi connectivity index (χ4v) is 2.75. The predicted octanol–water partition coefficient (Wildman–Crippen LogP) is 2.92. The first-order valence-electron chi connectivity index (χ1n) is 8.18. The smallest absolute Gasteiger partial charge is 0.270 e. The molecule has 3 amide bonds. The Balaban J connectivity index is 1.89. The fourth-order valence-electron chi connectivity index (χ4n) is 2.75. The Morgan fingerprint density at radius 1 is 1.00 bits per heavy atom.